The van der Waals surface area contributed by atoms with Crippen molar-refractivity contribution in [3.63, 3.8) is 0 Å². The first-order chi connectivity index (χ1) is 4.81. The smallest absolute Gasteiger partial charge is 0.0676 e. The van der Waals surface area contributed by atoms with Gasteiger partial charge in [-0.05, 0) is 12.6 Å². The van der Waals surface area contributed by atoms with Gasteiger partial charge in [-0.2, -0.15) is 0 Å². The Bertz CT molecular complexity index is 116. The summed E-state index contributed by atoms with van der Waals surface area (Å²) in [7, 11) is 1.50. The Labute approximate surface area is 62.4 Å². The van der Waals surface area contributed by atoms with Crippen LogP contribution in [0.3, 0.4) is 0 Å². The van der Waals surface area contributed by atoms with E-state index in [0.717, 1.165) is 0 Å². The fraction of sp³-hybridized carbons (Fsp3) is 0.250. The van der Waals surface area contributed by atoms with E-state index in [0.29, 0.717) is 5.57 Å². The molecule has 0 atom stereocenters. The third-order valence-corrected chi connectivity index (χ3v) is 0.671. The summed E-state index contributed by atoms with van der Waals surface area (Å²) in [6.45, 7) is 7.00. The maximum atomic E-state index is 8.38. The molecule has 0 bridgehead atoms. The fourth-order valence-electron chi connectivity index (χ4n) is 0.257. The normalized spacial score (nSPS) is 8.30. The van der Waals surface area contributed by atoms with Crippen LogP contribution >= 0.6 is 0 Å². The van der Waals surface area contributed by atoms with Gasteiger partial charge in [0.25, 0.3) is 0 Å². The minimum absolute atomic E-state index is 0.0182. The number of allylic oxidation sites excluding steroid dienone is 2. The van der Waals surface area contributed by atoms with Crippen molar-refractivity contribution in [3.8, 4) is 0 Å². The quantitative estimate of drug-likeness (QED) is 0.572. The largest absolute Gasteiger partial charge is 0.392 e. The van der Waals surface area contributed by atoms with E-state index in [-0.39, 0.29) is 6.61 Å². The van der Waals surface area contributed by atoms with Gasteiger partial charge in [0.05, 0.1) is 6.61 Å². The standard InChI is InChI=1S/C7H10O.CH5N/c1-3-4-5-7(2)6-8;1-2/h3-5,8H,1-2,6H2;2H2,1H3/b5-4-;. The second-order valence-corrected chi connectivity index (χ2v) is 1.41. The molecule has 0 fully saturated rings. The van der Waals surface area contributed by atoms with Crippen molar-refractivity contribution < 1.29 is 5.11 Å². The summed E-state index contributed by atoms with van der Waals surface area (Å²) < 4.78 is 0. The second kappa shape index (κ2) is 11.0. The molecule has 0 saturated heterocycles. The molecule has 10 heavy (non-hydrogen) atoms. The van der Waals surface area contributed by atoms with E-state index in [1.54, 1.807) is 18.2 Å². The molecule has 0 aromatic heterocycles. The van der Waals surface area contributed by atoms with Crippen LogP contribution in [0.25, 0.3) is 0 Å². The minimum atomic E-state index is 0.0182. The summed E-state index contributed by atoms with van der Waals surface area (Å²) in [5, 5.41) is 8.38. The molecule has 0 unspecified atom stereocenters. The topological polar surface area (TPSA) is 46.2 Å². The van der Waals surface area contributed by atoms with Gasteiger partial charge in [-0.15, -0.1) is 0 Å². The van der Waals surface area contributed by atoms with E-state index >= 15 is 0 Å². The summed E-state index contributed by atoms with van der Waals surface area (Å²) in [6.07, 6.45) is 5.09. The molecule has 0 aliphatic heterocycles. The van der Waals surface area contributed by atoms with Crippen LogP contribution in [0.1, 0.15) is 0 Å². The lowest BCUT2D eigenvalue weighted by molar-refractivity contribution is 0.335. The first-order valence-corrected chi connectivity index (χ1v) is 2.96. The molecule has 2 nitrogen and oxygen atoms in total. The second-order valence-electron chi connectivity index (χ2n) is 1.41. The van der Waals surface area contributed by atoms with Gasteiger partial charge in [-0.1, -0.05) is 31.4 Å². The first kappa shape index (κ1) is 11.9. The number of nitrogens with two attached hydrogens (primary N) is 1. The van der Waals surface area contributed by atoms with Crippen molar-refractivity contribution in [1.29, 1.82) is 0 Å². The van der Waals surface area contributed by atoms with Crippen molar-refractivity contribution in [2.75, 3.05) is 13.7 Å². The van der Waals surface area contributed by atoms with E-state index in [4.69, 9.17) is 5.11 Å². The van der Waals surface area contributed by atoms with Gasteiger partial charge in [0, 0.05) is 0 Å². The van der Waals surface area contributed by atoms with Crippen LogP contribution in [0.4, 0.5) is 0 Å². The van der Waals surface area contributed by atoms with Crippen molar-refractivity contribution in [1.82, 2.24) is 0 Å². The molecule has 58 valence electrons. The number of aliphatic hydroxyl groups excluding tert-OH is 1. The van der Waals surface area contributed by atoms with Gasteiger partial charge in [-0.3, -0.25) is 0 Å². The lowest BCUT2D eigenvalue weighted by Crippen LogP contribution is -1.80. The highest BCUT2D eigenvalue weighted by atomic mass is 16.3. The predicted octanol–water partition coefficient (Wildman–Crippen LogP) is 0.852. The van der Waals surface area contributed by atoms with Crippen LogP contribution in [0.5, 0.6) is 0 Å². The van der Waals surface area contributed by atoms with E-state index in [1.165, 1.54) is 7.05 Å². The third-order valence-electron chi connectivity index (χ3n) is 0.671. The molecule has 0 saturated carbocycles. The van der Waals surface area contributed by atoms with Gasteiger partial charge >= 0.3 is 0 Å². The monoisotopic (exact) mass is 141 g/mol. The molecular weight excluding hydrogens is 126 g/mol. The van der Waals surface area contributed by atoms with Crippen molar-refractivity contribution in [2.24, 2.45) is 5.73 Å². The maximum absolute atomic E-state index is 8.38. The first-order valence-electron chi connectivity index (χ1n) is 2.96. The summed E-state index contributed by atoms with van der Waals surface area (Å²) in [5.41, 5.74) is 5.20. The highest BCUT2D eigenvalue weighted by Gasteiger charge is 1.77. The Balaban J connectivity index is 0. The molecule has 0 heterocycles. The zero-order valence-electron chi connectivity index (χ0n) is 6.38. The van der Waals surface area contributed by atoms with E-state index in [9.17, 15) is 0 Å². The summed E-state index contributed by atoms with van der Waals surface area (Å²) in [6, 6.07) is 0. The molecule has 0 aromatic rings. The molecule has 3 N–H and O–H groups in total. The van der Waals surface area contributed by atoms with Crippen molar-refractivity contribution >= 4 is 0 Å². The molecule has 0 amide bonds. The lowest BCUT2D eigenvalue weighted by atomic mass is 10.3. The van der Waals surface area contributed by atoms with Crippen molar-refractivity contribution in [2.45, 2.75) is 0 Å². The van der Waals surface area contributed by atoms with E-state index < -0.39 is 0 Å². The highest BCUT2D eigenvalue weighted by Crippen LogP contribution is 1.88. The van der Waals surface area contributed by atoms with Gasteiger partial charge in [-0.25, -0.2) is 0 Å². The van der Waals surface area contributed by atoms with E-state index in [2.05, 4.69) is 18.9 Å². The molecular formula is C8H15NO. The number of hydrogen-bond donors (Lipinski definition) is 2. The minimum Gasteiger partial charge on any atom is -0.392 e. The SMILES string of the molecule is C=C/C=C\C(=C)CO.CN. The van der Waals surface area contributed by atoms with Crippen LogP contribution in [0, 0.1) is 0 Å². The Kier molecular flexibility index (Phi) is 13.1. The van der Waals surface area contributed by atoms with Crippen LogP contribution in [-0.4, -0.2) is 18.8 Å². The van der Waals surface area contributed by atoms with Gasteiger partial charge in [0.1, 0.15) is 0 Å². The molecule has 0 rings (SSSR count). The Morgan fingerprint density at radius 3 is 2.40 bits per heavy atom. The number of rotatable bonds is 3. The molecule has 0 aliphatic rings. The van der Waals surface area contributed by atoms with Crippen LogP contribution < -0.4 is 5.73 Å². The molecule has 0 radical (unpaired) electrons. The predicted molar refractivity (Wildman–Crippen MR) is 45.7 cm³/mol. The Hall–Kier alpha value is -0.860. The molecule has 0 aliphatic carbocycles. The Morgan fingerprint density at radius 1 is 1.60 bits per heavy atom. The molecule has 0 spiro atoms. The number of aliphatic hydroxyl groups is 1. The van der Waals surface area contributed by atoms with Crippen molar-refractivity contribution in [3.05, 3.63) is 37.0 Å². The lowest BCUT2D eigenvalue weighted by Gasteiger charge is -1.86. The van der Waals surface area contributed by atoms with Crippen LogP contribution in [-0.2, 0) is 0 Å². The summed E-state index contributed by atoms with van der Waals surface area (Å²) in [5.74, 6) is 0. The maximum Gasteiger partial charge on any atom is 0.0676 e. The van der Waals surface area contributed by atoms with Gasteiger partial charge in [0.2, 0.25) is 0 Å². The molecule has 2 heteroatoms. The van der Waals surface area contributed by atoms with Gasteiger partial charge in [0.15, 0.2) is 0 Å². The van der Waals surface area contributed by atoms with Crippen LogP contribution in [0.2, 0.25) is 0 Å². The summed E-state index contributed by atoms with van der Waals surface area (Å²) in [4.78, 5) is 0. The summed E-state index contributed by atoms with van der Waals surface area (Å²) >= 11 is 0. The number of hydrogen-bond acceptors (Lipinski definition) is 2. The molecule has 0 aromatic carbocycles. The van der Waals surface area contributed by atoms with E-state index in [1.807, 2.05) is 0 Å². The average molecular weight is 141 g/mol. The zero-order valence-corrected chi connectivity index (χ0v) is 6.38. The van der Waals surface area contributed by atoms with Crippen LogP contribution in [0.15, 0.2) is 37.0 Å². The third kappa shape index (κ3) is 10.2. The Morgan fingerprint density at radius 2 is 2.10 bits per heavy atom. The average Bonchev–Trinajstić information content (AvgIpc) is 2.04. The zero-order chi connectivity index (χ0) is 8.41. The van der Waals surface area contributed by atoms with Gasteiger partial charge < -0.3 is 10.8 Å². The fourth-order valence-corrected chi connectivity index (χ4v) is 0.257. The highest BCUT2D eigenvalue weighted by molar-refractivity contribution is 5.17.